The molecule has 0 unspecified atom stereocenters. The van der Waals surface area contributed by atoms with Gasteiger partial charge in [0, 0.05) is 43.1 Å². The molecule has 0 radical (unpaired) electrons. The van der Waals surface area contributed by atoms with Crippen molar-refractivity contribution in [2.75, 3.05) is 10.2 Å². The zero-order valence-electron chi connectivity index (χ0n) is 38.6. The molecular weight excluding hydrogens is 796 g/mol. The molecule has 4 heterocycles. The summed E-state index contributed by atoms with van der Waals surface area (Å²) in [6.07, 6.45) is 2.36. The summed E-state index contributed by atoms with van der Waals surface area (Å²) in [5, 5.41) is 7.60. The number of hydrogen-bond acceptors (Lipinski definition) is 4. The highest BCUT2D eigenvalue weighted by Gasteiger charge is 2.41. The number of para-hydroxylation sites is 3. The summed E-state index contributed by atoms with van der Waals surface area (Å²) in [5.41, 5.74) is 20.9. The number of thiophene rings is 1. The third kappa shape index (κ3) is 5.72. The Hall–Kier alpha value is -6.04. The number of anilines is 5. The molecule has 0 bridgehead atoms. The summed E-state index contributed by atoms with van der Waals surface area (Å²) < 4.78 is 9.96. The van der Waals surface area contributed by atoms with Crippen molar-refractivity contribution in [1.82, 2.24) is 0 Å². The summed E-state index contributed by atoms with van der Waals surface area (Å²) in [5.74, 6) is 0. The molecule has 9 aromatic rings. The van der Waals surface area contributed by atoms with Gasteiger partial charge in [0.2, 0.25) is 7.28 Å². The summed E-state index contributed by atoms with van der Waals surface area (Å²) in [4.78, 5) is 2.64. The number of rotatable bonds is 3. The number of nitrogens with zero attached hydrogens (tertiary/aromatic N) is 1. The Bertz CT molecular complexity index is 3410. The first-order valence-electron chi connectivity index (χ1n) is 23.2. The highest BCUT2D eigenvalue weighted by atomic mass is 32.1. The molecule has 2 aliphatic heterocycles. The van der Waals surface area contributed by atoms with E-state index in [0.717, 1.165) is 34.9 Å². The Morgan fingerprint density at radius 2 is 1.31 bits per heavy atom. The minimum atomic E-state index is -0.190. The van der Waals surface area contributed by atoms with Crippen LogP contribution in [0.2, 0.25) is 0 Å². The van der Waals surface area contributed by atoms with Gasteiger partial charge in [0.05, 0.1) is 22.7 Å². The van der Waals surface area contributed by atoms with E-state index in [0.29, 0.717) is 0 Å². The molecule has 7 aromatic carbocycles. The van der Waals surface area contributed by atoms with Crippen molar-refractivity contribution < 1.29 is 4.42 Å². The van der Waals surface area contributed by atoms with Crippen LogP contribution in [0.3, 0.4) is 0 Å². The fourth-order valence-electron chi connectivity index (χ4n) is 11.5. The molecule has 0 saturated carbocycles. The second kappa shape index (κ2) is 13.5. The second-order valence-corrected chi connectivity index (χ2v) is 22.8. The second-order valence-electron chi connectivity index (χ2n) is 21.6. The predicted molar refractivity (Wildman–Crippen MR) is 277 cm³/mol. The maximum Gasteiger partial charge on any atom is 0.211 e. The van der Waals surface area contributed by atoms with Crippen LogP contribution in [0.4, 0.5) is 28.4 Å². The van der Waals surface area contributed by atoms with Crippen molar-refractivity contribution in [2.45, 2.75) is 96.8 Å². The van der Waals surface area contributed by atoms with Crippen LogP contribution in [-0.2, 0) is 21.7 Å². The van der Waals surface area contributed by atoms with Crippen LogP contribution in [0.25, 0.3) is 54.3 Å². The average molecular weight is 851 g/mol. The lowest BCUT2D eigenvalue weighted by molar-refractivity contribution is 0.332. The molecule has 3 nitrogen and oxygen atoms in total. The van der Waals surface area contributed by atoms with Crippen LogP contribution < -0.4 is 20.5 Å². The van der Waals surface area contributed by atoms with Crippen LogP contribution >= 0.6 is 11.3 Å². The highest BCUT2D eigenvalue weighted by Crippen LogP contribution is 2.55. The quantitative estimate of drug-likeness (QED) is 0.180. The van der Waals surface area contributed by atoms with Crippen molar-refractivity contribution >= 4 is 89.3 Å². The first kappa shape index (κ1) is 39.5. The molecule has 1 aliphatic carbocycles. The van der Waals surface area contributed by atoms with Gasteiger partial charge in [-0.05, 0) is 121 Å². The van der Waals surface area contributed by atoms with Crippen LogP contribution in [-0.4, -0.2) is 7.28 Å². The lowest BCUT2D eigenvalue weighted by Crippen LogP contribution is -2.39. The van der Waals surface area contributed by atoms with Crippen LogP contribution in [0.5, 0.6) is 0 Å². The molecule has 316 valence electrons. The Labute approximate surface area is 382 Å². The number of nitrogens with one attached hydrogen (secondary N) is 1. The molecule has 0 atom stereocenters. The first-order chi connectivity index (χ1) is 30.6. The zero-order chi connectivity index (χ0) is 44.1. The molecule has 3 aliphatic rings. The van der Waals surface area contributed by atoms with E-state index in [-0.39, 0.29) is 21.7 Å². The molecule has 0 amide bonds. The lowest BCUT2D eigenvalue weighted by Gasteiger charge is -2.42. The molecule has 2 aromatic heterocycles. The number of hydrogen-bond donors (Lipinski definition) is 1. The minimum Gasteiger partial charge on any atom is -0.454 e. The van der Waals surface area contributed by atoms with Crippen molar-refractivity contribution in [3.63, 3.8) is 0 Å². The molecule has 1 N–H and O–H groups in total. The molecule has 0 spiro atoms. The number of furan rings is 1. The predicted octanol–water partition coefficient (Wildman–Crippen LogP) is 15.3. The summed E-state index contributed by atoms with van der Waals surface area (Å²) in [7, 11) is 0.796. The number of fused-ring (bicyclic) bond motifs is 11. The molecule has 12 rings (SSSR count). The molecule has 0 saturated heterocycles. The van der Waals surface area contributed by atoms with Crippen molar-refractivity contribution in [3.8, 4) is 22.3 Å². The van der Waals surface area contributed by atoms with Gasteiger partial charge >= 0.3 is 0 Å². The van der Waals surface area contributed by atoms with Gasteiger partial charge < -0.3 is 14.6 Å². The Morgan fingerprint density at radius 3 is 2.09 bits per heavy atom. The van der Waals surface area contributed by atoms with E-state index >= 15 is 0 Å². The van der Waals surface area contributed by atoms with Gasteiger partial charge in [-0.25, -0.2) is 0 Å². The summed E-state index contributed by atoms with van der Waals surface area (Å²) >= 11 is 1.99. The first-order valence-corrected chi connectivity index (χ1v) is 24.0. The number of benzene rings is 7. The molecule has 5 heteroatoms. The van der Waals surface area contributed by atoms with E-state index in [4.69, 9.17) is 4.42 Å². The van der Waals surface area contributed by atoms with Gasteiger partial charge in [0.25, 0.3) is 0 Å². The minimum absolute atomic E-state index is 0.0372. The Morgan fingerprint density at radius 1 is 0.609 bits per heavy atom. The Balaban J connectivity index is 1.23. The average Bonchev–Trinajstić information content (AvgIpc) is 3.84. The summed E-state index contributed by atoms with van der Waals surface area (Å²) in [6.45, 7) is 21.5. The van der Waals surface area contributed by atoms with Crippen molar-refractivity contribution in [3.05, 3.63) is 161 Å². The van der Waals surface area contributed by atoms with E-state index in [9.17, 15) is 0 Å². The van der Waals surface area contributed by atoms with E-state index in [1.54, 1.807) is 0 Å². The van der Waals surface area contributed by atoms with Crippen molar-refractivity contribution in [2.24, 2.45) is 0 Å². The van der Waals surface area contributed by atoms with Gasteiger partial charge in [0.15, 0.2) is 5.58 Å². The topological polar surface area (TPSA) is 28.4 Å². The summed E-state index contributed by atoms with van der Waals surface area (Å²) in [6, 6.07) is 50.3. The van der Waals surface area contributed by atoms with E-state index in [1.165, 1.54) is 106 Å². The zero-order valence-corrected chi connectivity index (χ0v) is 39.4. The van der Waals surface area contributed by atoms with Crippen LogP contribution in [0, 0.1) is 0 Å². The van der Waals surface area contributed by atoms with Gasteiger partial charge in [-0.1, -0.05) is 153 Å². The van der Waals surface area contributed by atoms with E-state index in [2.05, 4.69) is 206 Å². The maximum atomic E-state index is 7.21. The smallest absolute Gasteiger partial charge is 0.211 e. The van der Waals surface area contributed by atoms with Gasteiger partial charge in [-0.15, -0.1) is 11.3 Å². The van der Waals surface area contributed by atoms with Crippen molar-refractivity contribution in [1.29, 1.82) is 0 Å². The fraction of sp³-hybridized carbons (Fsp3) is 0.254. The van der Waals surface area contributed by atoms with Gasteiger partial charge in [0.1, 0.15) is 5.58 Å². The molecular formula is C59H55BN2OS. The normalized spacial score (nSPS) is 16.7. The molecule has 64 heavy (non-hydrogen) atoms. The monoisotopic (exact) mass is 850 g/mol. The van der Waals surface area contributed by atoms with Gasteiger partial charge in [-0.2, -0.15) is 0 Å². The van der Waals surface area contributed by atoms with E-state index < -0.39 is 0 Å². The molecule has 0 fully saturated rings. The standard InChI is InChI=1S/C59H55BN2OS/c1-56(2,3)35-26-27-47(38(30-35)34-18-11-10-12-19-34)62-52-41-32-44-45(58(6,7)29-28-57(44,4)5)33-49(41)64-55(52)60-50-39(31-40-36-20-13-16-25-48(36)63-54(40)53(50)62)37-21-17-23-43-51(37)61-46-24-15-14-22-42(46)59(43,8)9/h10-27,30-33,60-61H,28-29H2,1-9H3. The van der Waals surface area contributed by atoms with Crippen LogP contribution in [0.1, 0.15) is 103 Å². The lowest BCUT2D eigenvalue weighted by atomic mass is 9.61. The van der Waals surface area contributed by atoms with E-state index in [1.807, 2.05) is 11.3 Å². The fourth-order valence-corrected chi connectivity index (χ4v) is 12.7. The SMILES string of the molecule is CC(C)(C)c1ccc(N2c3c(sc4cc5c(cc34)C(C)(C)CCC5(C)C)Bc3c(-c4cccc5c4Nc4ccccc4C5(C)C)cc4c(oc5ccccc54)c32)c(-c2ccccc2)c1. The van der Waals surface area contributed by atoms with Crippen LogP contribution in [0.15, 0.2) is 138 Å². The largest absolute Gasteiger partial charge is 0.454 e. The third-order valence-corrected chi connectivity index (χ3v) is 16.5. The van der Waals surface area contributed by atoms with Gasteiger partial charge in [-0.3, -0.25) is 0 Å². The highest BCUT2D eigenvalue weighted by molar-refractivity contribution is 7.29. The maximum absolute atomic E-state index is 7.21. The Kier molecular flexibility index (Phi) is 8.34. The third-order valence-electron chi connectivity index (χ3n) is 15.3.